The van der Waals surface area contributed by atoms with Crippen molar-refractivity contribution in [2.45, 2.75) is 13.3 Å². The number of fused-ring (bicyclic) bond motifs is 2. The van der Waals surface area contributed by atoms with Crippen molar-refractivity contribution < 1.29 is 50.7 Å². The fourth-order valence-corrected chi connectivity index (χ4v) is 3.10. The van der Waals surface area contributed by atoms with Crippen LogP contribution in [0.4, 0.5) is 0 Å². The Morgan fingerprint density at radius 1 is 0.926 bits per heavy atom. The zero-order chi connectivity index (χ0) is 16.4. The molecule has 1 aliphatic rings. The van der Waals surface area contributed by atoms with Gasteiger partial charge in [0.2, 0.25) is 0 Å². The standard InChI is InChI=1S/C17H12N.C6H7.2ClH.Hf/c1-2-7-15-12-16(11-14(15)6-1)18-10-9-13-5-3-4-8-17(13)18;1-6-4-2-3-5-6;;;/h1-12H;2,4H,3H2,1H3;2*1H;/q2*-1;;;+4/p-2. The van der Waals surface area contributed by atoms with Crippen LogP contribution >= 0.6 is 0 Å². The van der Waals surface area contributed by atoms with Crippen LogP contribution in [0.15, 0.2) is 90.7 Å². The van der Waals surface area contributed by atoms with Gasteiger partial charge >= 0.3 is 25.8 Å². The van der Waals surface area contributed by atoms with Crippen molar-refractivity contribution >= 4 is 21.7 Å². The summed E-state index contributed by atoms with van der Waals surface area (Å²) in [6.07, 6.45) is 10.5. The second-order valence-corrected chi connectivity index (χ2v) is 6.05. The van der Waals surface area contributed by atoms with Crippen LogP contribution < -0.4 is 24.8 Å². The third-order valence-electron chi connectivity index (χ3n) is 4.35. The van der Waals surface area contributed by atoms with Crippen molar-refractivity contribution in [2.24, 2.45) is 0 Å². The molecule has 5 rings (SSSR count). The molecular weight excluding hydrogens is 540 g/mol. The van der Waals surface area contributed by atoms with E-state index in [-0.39, 0.29) is 50.7 Å². The molecule has 1 aliphatic carbocycles. The number of para-hydroxylation sites is 1. The third-order valence-corrected chi connectivity index (χ3v) is 4.35. The van der Waals surface area contributed by atoms with Gasteiger partial charge in [0.25, 0.3) is 0 Å². The van der Waals surface area contributed by atoms with Crippen LogP contribution in [0.2, 0.25) is 0 Å². The first kappa shape index (κ1) is 23.6. The van der Waals surface area contributed by atoms with E-state index in [1.165, 1.54) is 32.9 Å². The predicted octanol–water partition coefficient (Wildman–Crippen LogP) is 0.204. The smallest absolute Gasteiger partial charge is 1.00 e. The summed E-state index contributed by atoms with van der Waals surface area (Å²) < 4.78 is 2.25. The molecule has 1 heterocycles. The minimum atomic E-state index is 0. The first-order valence-corrected chi connectivity index (χ1v) is 8.27. The first-order valence-electron chi connectivity index (χ1n) is 8.27. The molecule has 0 amide bonds. The van der Waals surface area contributed by atoms with Crippen molar-refractivity contribution in [3.8, 4) is 5.69 Å². The summed E-state index contributed by atoms with van der Waals surface area (Å²) in [6, 6.07) is 23.6. The normalized spacial score (nSPS) is 11.7. The fraction of sp³-hybridized carbons (Fsp3) is 0.0870. The van der Waals surface area contributed by atoms with Gasteiger partial charge in [-0.2, -0.15) is 6.08 Å². The van der Waals surface area contributed by atoms with E-state index in [4.69, 9.17) is 0 Å². The van der Waals surface area contributed by atoms with E-state index >= 15 is 0 Å². The summed E-state index contributed by atoms with van der Waals surface area (Å²) in [4.78, 5) is 0. The Kier molecular flexibility index (Phi) is 9.38. The van der Waals surface area contributed by atoms with Crippen molar-refractivity contribution in [2.75, 3.05) is 0 Å². The maximum absolute atomic E-state index is 3.12. The zero-order valence-corrected chi connectivity index (χ0v) is 20.1. The maximum Gasteiger partial charge on any atom is 4.00 e. The second-order valence-electron chi connectivity index (χ2n) is 6.05. The molecule has 0 atom stereocenters. The van der Waals surface area contributed by atoms with Crippen LogP contribution in [0.5, 0.6) is 0 Å². The summed E-state index contributed by atoms with van der Waals surface area (Å²) in [5, 5.41) is 3.87. The Hall–Kier alpha value is -1.48. The molecule has 0 fully saturated rings. The summed E-state index contributed by atoms with van der Waals surface area (Å²) in [7, 11) is 0. The van der Waals surface area contributed by atoms with Gasteiger partial charge < -0.3 is 29.4 Å². The number of allylic oxidation sites excluding steroid dienone is 4. The molecule has 0 unspecified atom stereocenters. The summed E-state index contributed by atoms with van der Waals surface area (Å²) in [5.41, 5.74) is 3.76. The average molecular weight is 559 g/mol. The summed E-state index contributed by atoms with van der Waals surface area (Å²) >= 11 is 0. The van der Waals surface area contributed by atoms with Crippen LogP contribution in [0, 0.1) is 6.08 Å². The van der Waals surface area contributed by atoms with Crippen LogP contribution in [0.1, 0.15) is 13.3 Å². The molecule has 3 aromatic carbocycles. The summed E-state index contributed by atoms with van der Waals surface area (Å²) in [5.74, 6) is 0. The van der Waals surface area contributed by atoms with Crippen molar-refractivity contribution in [1.29, 1.82) is 0 Å². The van der Waals surface area contributed by atoms with Gasteiger partial charge in [0.15, 0.2) is 0 Å². The molecular formula is C23H19Cl2HfN. The monoisotopic (exact) mass is 559 g/mol. The number of hydrogen-bond acceptors (Lipinski definition) is 0. The zero-order valence-electron chi connectivity index (χ0n) is 15.0. The van der Waals surface area contributed by atoms with E-state index in [0.29, 0.717) is 0 Å². The molecule has 0 spiro atoms. The van der Waals surface area contributed by atoms with Gasteiger partial charge in [0, 0.05) is 6.20 Å². The van der Waals surface area contributed by atoms with Gasteiger partial charge in [-0.05, 0) is 23.2 Å². The summed E-state index contributed by atoms with van der Waals surface area (Å²) in [6.45, 7) is 2.06. The fourth-order valence-electron chi connectivity index (χ4n) is 3.10. The van der Waals surface area contributed by atoms with E-state index in [1.54, 1.807) is 0 Å². The number of halogens is 2. The number of benzene rings is 2. The molecule has 4 aromatic rings. The van der Waals surface area contributed by atoms with Crippen LogP contribution in [-0.4, -0.2) is 4.57 Å². The van der Waals surface area contributed by atoms with Crippen molar-refractivity contribution in [3.63, 3.8) is 0 Å². The van der Waals surface area contributed by atoms with E-state index in [2.05, 4.69) is 103 Å². The van der Waals surface area contributed by atoms with Gasteiger partial charge in [0.05, 0.1) is 5.52 Å². The largest absolute Gasteiger partial charge is 4.00 e. The Morgan fingerprint density at radius 3 is 2.26 bits per heavy atom. The Balaban J connectivity index is 0.000000354. The molecule has 134 valence electrons. The van der Waals surface area contributed by atoms with Gasteiger partial charge in [-0.3, -0.25) is 6.08 Å². The third kappa shape index (κ3) is 5.28. The Bertz CT molecular complexity index is 1020. The number of nitrogens with zero attached hydrogens (tertiary/aromatic N) is 1. The molecule has 4 heteroatoms. The van der Waals surface area contributed by atoms with Crippen LogP contribution in [0.3, 0.4) is 0 Å². The average Bonchev–Trinajstić information content (AvgIpc) is 3.33. The van der Waals surface area contributed by atoms with Gasteiger partial charge in [-0.25, -0.2) is 11.6 Å². The quantitative estimate of drug-likeness (QED) is 0.233. The van der Waals surface area contributed by atoms with Gasteiger partial charge in [0.1, 0.15) is 0 Å². The molecule has 1 nitrogen and oxygen atoms in total. The Labute approximate surface area is 191 Å². The van der Waals surface area contributed by atoms with E-state index < -0.39 is 0 Å². The van der Waals surface area contributed by atoms with Gasteiger partial charge in [-0.1, -0.05) is 31.2 Å². The van der Waals surface area contributed by atoms with Gasteiger partial charge in [-0.15, -0.1) is 47.5 Å². The predicted molar refractivity (Wildman–Crippen MR) is 103 cm³/mol. The molecule has 27 heavy (non-hydrogen) atoms. The molecule has 0 radical (unpaired) electrons. The maximum atomic E-state index is 3.12. The number of rotatable bonds is 1. The first-order chi connectivity index (χ1) is 11.8. The molecule has 0 aliphatic heterocycles. The minimum absolute atomic E-state index is 0. The Morgan fingerprint density at radius 2 is 1.63 bits per heavy atom. The molecule has 1 aromatic heterocycles. The van der Waals surface area contributed by atoms with Crippen LogP contribution in [-0.2, 0) is 25.8 Å². The minimum Gasteiger partial charge on any atom is -1.00 e. The van der Waals surface area contributed by atoms with E-state index in [9.17, 15) is 0 Å². The second kappa shape index (κ2) is 10.8. The molecule has 0 saturated carbocycles. The van der Waals surface area contributed by atoms with Crippen molar-refractivity contribution in [1.82, 2.24) is 4.57 Å². The number of hydrogen-bond donors (Lipinski definition) is 0. The van der Waals surface area contributed by atoms with E-state index in [1.807, 2.05) is 0 Å². The molecule has 0 saturated heterocycles. The van der Waals surface area contributed by atoms with E-state index in [0.717, 1.165) is 6.42 Å². The topological polar surface area (TPSA) is 4.93 Å². The SMILES string of the molecule is CC1=[C-]CC=C1.[Cl-].[Cl-].[Hf+4].c1ccc2[cH-]c(-n3ccc4ccccc43)cc2c1. The number of aromatic nitrogens is 1. The van der Waals surface area contributed by atoms with Crippen molar-refractivity contribution in [3.05, 3.63) is 96.7 Å². The molecule has 0 bridgehead atoms. The van der Waals surface area contributed by atoms with Crippen LogP contribution in [0.25, 0.3) is 27.4 Å². The molecule has 0 N–H and O–H groups in total.